The first-order chi connectivity index (χ1) is 7.68. The van der Waals surface area contributed by atoms with Gasteiger partial charge in [0.2, 0.25) is 0 Å². The molecule has 0 atom stereocenters. The summed E-state index contributed by atoms with van der Waals surface area (Å²) in [5.41, 5.74) is 0.374. The maximum atomic E-state index is 10.6. The molecule has 0 heterocycles. The zero-order chi connectivity index (χ0) is 13.1. The van der Waals surface area contributed by atoms with Crippen molar-refractivity contribution in [3.8, 4) is 0 Å². The molecule has 0 bridgehead atoms. The van der Waals surface area contributed by atoms with Crippen LogP contribution in [0.1, 0.15) is 46.5 Å². The second kappa shape index (κ2) is 5.67. The highest BCUT2D eigenvalue weighted by Crippen LogP contribution is 2.37. The van der Waals surface area contributed by atoms with Crippen molar-refractivity contribution in [1.82, 2.24) is 5.32 Å². The van der Waals surface area contributed by atoms with E-state index in [-0.39, 0.29) is 5.75 Å². The highest BCUT2D eigenvalue weighted by molar-refractivity contribution is 7.85. The predicted molar refractivity (Wildman–Crippen MR) is 69.6 cm³/mol. The van der Waals surface area contributed by atoms with Crippen LogP contribution in [0.25, 0.3) is 0 Å². The summed E-state index contributed by atoms with van der Waals surface area (Å²) in [4.78, 5) is 0. The Balaban J connectivity index is 2.24. The van der Waals surface area contributed by atoms with Crippen molar-refractivity contribution in [2.75, 3.05) is 12.3 Å². The van der Waals surface area contributed by atoms with E-state index < -0.39 is 10.1 Å². The maximum Gasteiger partial charge on any atom is 0.266 e. The van der Waals surface area contributed by atoms with Crippen molar-refractivity contribution in [1.29, 1.82) is 0 Å². The van der Waals surface area contributed by atoms with Crippen LogP contribution < -0.4 is 5.32 Å². The molecule has 0 aliphatic heterocycles. The molecule has 0 radical (unpaired) electrons. The summed E-state index contributed by atoms with van der Waals surface area (Å²) < 4.78 is 29.8. The summed E-state index contributed by atoms with van der Waals surface area (Å²) >= 11 is 0. The van der Waals surface area contributed by atoms with E-state index in [9.17, 15) is 8.42 Å². The highest BCUT2D eigenvalue weighted by Gasteiger charge is 2.29. The van der Waals surface area contributed by atoms with Gasteiger partial charge in [-0.25, -0.2) is 0 Å². The van der Waals surface area contributed by atoms with Gasteiger partial charge in [0, 0.05) is 12.6 Å². The molecule has 0 spiro atoms. The number of nitrogens with one attached hydrogen (secondary N) is 1. The number of rotatable bonds is 4. The Labute approximate surface area is 105 Å². The molecule has 1 aliphatic carbocycles. The van der Waals surface area contributed by atoms with Crippen LogP contribution in [-0.4, -0.2) is 31.3 Å². The van der Waals surface area contributed by atoms with Crippen molar-refractivity contribution < 1.29 is 13.0 Å². The smallest absolute Gasteiger partial charge is 0.266 e. The van der Waals surface area contributed by atoms with Crippen molar-refractivity contribution in [3.63, 3.8) is 0 Å². The van der Waals surface area contributed by atoms with E-state index in [4.69, 9.17) is 4.55 Å². The summed E-state index contributed by atoms with van der Waals surface area (Å²) in [6.07, 6.45) is 4.61. The first-order valence-electron chi connectivity index (χ1n) is 6.37. The third kappa shape index (κ3) is 5.84. The molecule has 0 aromatic rings. The van der Waals surface area contributed by atoms with Gasteiger partial charge in [-0.05, 0) is 37.0 Å². The summed E-state index contributed by atoms with van der Waals surface area (Å²) in [6.45, 7) is 7.20. The van der Waals surface area contributed by atoms with Crippen LogP contribution in [0, 0.1) is 11.3 Å². The average Bonchev–Trinajstić information content (AvgIpc) is 2.15. The first kappa shape index (κ1) is 14.9. The Morgan fingerprint density at radius 3 is 2.12 bits per heavy atom. The van der Waals surface area contributed by atoms with Gasteiger partial charge in [0.05, 0.1) is 5.75 Å². The summed E-state index contributed by atoms with van der Waals surface area (Å²) in [6, 6.07) is 0.412. The average molecular weight is 263 g/mol. The maximum absolute atomic E-state index is 10.6. The van der Waals surface area contributed by atoms with Gasteiger partial charge >= 0.3 is 0 Å². The predicted octanol–water partition coefficient (Wildman–Crippen LogP) is 2.07. The first-order valence-corrected chi connectivity index (χ1v) is 7.98. The summed E-state index contributed by atoms with van der Waals surface area (Å²) in [5.74, 6) is 0.578. The molecule has 102 valence electrons. The van der Waals surface area contributed by atoms with Gasteiger partial charge < -0.3 is 5.32 Å². The third-order valence-corrected chi connectivity index (χ3v) is 4.46. The zero-order valence-corrected chi connectivity index (χ0v) is 11.9. The van der Waals surface area contributed by atoms with Gasteiger partial charge in [0.15, 0.2) is 0 Å². The molecule has 0 unspecified atom stereocenters. The molecule has 0 aromatic heterocycles. The van der Waals surface area contributed by atoms with E-state index in [1.807, 2.05) is 0 Å². The molecule has 4 nitrogen and oxygen atoms in total. The van der Waals surface area contributed by atoms with Gasteiger partial charge in [0.1, 0.15) is 0 Å². The lowest BCUT2D eigenvalue weighted by Gasteiger charge is -2.37. The van der Waals surface area contributed by atoms with Crippen molar-refractivity contribution in [3.05, 3.63) is 0 Å². The zero-order valence-electron chi connectivity index (χ0n) is 11.1. The van der Waals surface area contributed by atoms with Gasteiger partial charge in [-0.3, -0.25) is 4.55 Å². The molecule has 1 saturated carbocycles. The molecule has 1 rings (SSSR count). The van der Waals surface area contributed by atoms with E-state index >= 15 is 0 Å². The SMILES string of the molecule is CC(C)(C)C1CCC(NCCS(=O)(=O)O)CC1. The lowest BCUT2D eigenvalue weighted by molar-refractivity contribution is 0.161. The fraction of sp³-hybridized carbons (Fsp3) is 1.00. The van der Waals surface area contributed by atoms with Crippen LogP contribution in [0.5, 0.6) is 0 Å². The molecular formula is C12H25NO3S. The second-order valence-corrected chi connectivity index (χ2v) is 7.73. The lowest BCUT2D eigenvalue weighted by atomic mass is 9.71. The van der Waals surface area contributed by atoms with E-state index in [0.29, 0.717) is 18.0 Å². The van der Waals surface area contributed by atoms with Crippen LogP contribution in [0.2, 0.25) is 0 Å². The molecule has 5 heteroatoms. The molecule has 2 N–H and O–H groups in total. The Morgan fingerprint density at radius 1 is 1.18 bits per heavy atom. The standard InChI is InChI=1S/C12H25NO3S/c1-12(2,3)10-4-6-11(7-5-10)13-8-9-17(14,15)16/h10-11,13H,4-9H2,1-3H3,(H,14,15,16). The van der Waals surface area contributed by atoms with Gasteiger partial charge in [-0.2, -0.15) is 8.42 Å². The molecule has 0 aromatic carbocycles. The minimum atomic E-state index is -3.82. The Hall–Kier alpha value is -0.130. The molecule has 0 amide bonds. The fourth-order valence-corrected chi connectivity index (χ4v) is 2.93. The molecule has 0 saturated heterocycles. The minimum absolute atomic E-state index is 0.188. The molecule has 1 aliphatic rings. The van der Waals surface area contributed by atoms with E-state index in [0.717, 1.165) is 18.8 Å². The minimum Gasteiger partial charge on any atom is -0.313 e. The van der Waals surface area contributed by atoms with E-state index in [1.54, 1.807) is 0 Å². The largest absolute Gasteiger partial charge is 0.313 e. The Morgan fingerprint density at radius 2 is 1.71 bits per heavy atom. The monoisotopic (exact) mass is 263 g/mol. The molecular weight excluding hydrogens is 238 g/mol. The number of hydrogen-bond donors (Lipinski definition) is 2. The van der Waals surface area contributed by atoms with Crippen LogP contribution in [0.15, 0.2) is 0 Å². The lowest BCUT2D eigenvalue weighted by Crippen LogP contribution is -2.38. The van der Waals surface area contributed by atoms with Crippen molar-refractivity contribution in [2.24, 2.45) is 11.3 Å². The topological polar surface area (TPSA) is 66.4 Å². The molecule has 17 heavy (non-hydrogen) atoms. The Kier molecular flexibility index (Phi) is 4.98. The molecule has 1 fully saturated rings. The van der Waals surface area contributed by atoms with Crippen molar-refractivity contribution >= 4 is 10.1 Å². The highest BCUT2D eigenvalue weighted by atomic mass is 32.2. The van der Waals surface area contributed by atoms with Crippen LogP contribution in [-0.2, 0) is 10.1 Å². The van der Waals surface area contributed by atoms with Crippen LogP contribution in [0.3, 0.4) is 0 Å². The summed E-state index contributed by atoms with van der Waals surface area (Å²) in [5, 5.41) is 3.21. The van der Waals surface area contributed by atoms with Gasteiger partial charge in [-0.1, -0.05) is 20.8 Å². The van der Waals surface area contributed by atoms with Crippen molar-refractivity contribution in [2.45, 2.75) is 52.5 Å². The van der Waals surface area contributed by atoms with E-state index in [1.165, 1.54) is 12.8 Å². The van der Waals surface area contributed by atoms with E-state index in [2.05, 4.69) is 26.1 Å². The normalized spacial score (nSPS) is 27.1. The van der Waals surface area contributed by atoms with Gasteiger partial charge in [0.25, 0.3) is 10.1 Å². The third-order valence-electron chi connectivity index (χ3n) is 3.74. The van der Waals surface area contributed by atoms with Crippen LogP contribution in [0.4, 0.5) is 0 Å². The summed E-state index contributed by atoms with van der Waals surface area (Å²) in [7, 11) is -3.82. The Bertz CT molecular complexity index is 324. The fourth-order valence-electron chi connectivity index (χ4n) is 2.56. The number of hydrogen-bond acceptors (Lipinski definition) is 3. The second-order valence-electron chi connectivity index (χ2n) is 6.15. The van der Waals surface area contributed by atoms with Gasteiger partial charge in [-0.15, -0.1) is 0 Å². The quantitative estimate of drug-likeness (QED) is 0.762. The van der Waals surface area contributed by atoms with Crippen LogP contribution >= 0.6 is 0 Å².